The number of piperazine rings is 1. The van der Waals surface area contributed by atoms with Crippen LogP contribution in [0.4, 0.5) is 20.6 Å². The number of anilines is 2. The first-order valence-electron chi connectivity index (χ1n) is 11.7. The molecule has 2 saturated heterocycles. The lowest BCUT2D eigenvalue weighted by Crippen LogP contribution is -2.50. The fourth-order valence-electron chi connectivity index (χ4n) is 4.23. The highest BCUT2D eigenvalue weighted by atomic mass is 32.1. The molecule has 2 atom stereocenters. The van der Waals surface area contributed by atoms with Gasteiger partial charge in [-0.1, -0.05) is 49.5 Å². The molecule has 10 heteroatoms. The summed E-state index contributed by atoms with van der Waals surface area (Å²) in [4.78, 5) is 30.6. The van der Waals surface area contributed by atoms with Gasteiger partial charge in [0.2, 0.25) is 0 Å². The van der Waals surface area contributed by atoms with Crippen molar-refractivity contribution in [3.63, 3.8) is 0 Å². The molecule has 2 aliphatic heterocycles. The molecule has 2 fully saturated rings. The number of carbonyl (C=O) groups excluding carboxylic acids is 2. The van der Waals surface area contributed by atoms with Crippen molar-refractivity contribution in [2.24, 2.45) is 0 Å². The molecule has 0 aromatic heterocycles. The van der Waals surface area contributed by atoms with E-state index in [0.29, 0.717) is 67.6 Å². The first kappa shape index (κ1) is 24.9. The third-order valence-electron chi connectivity index (χ3n) is 6.25. The van der Waals surface area contributed by atoms with E-state index in [1.165, 1.54) is 11.0 Å². The molecule has 2 N–H and O–H groups in total. The van der Waals surface area contributed by atoms with Crippen LogP contribution in [0, 0.1) is 5.82 Å². The number of thiocarbonyl (C=S) groups is 1. The van der Waals surface area contributed by atoms with E-state index in [2.05, 4.69) is 5.32 Å². The van der Waals surface area contributed by atoms with E-state index in [1.807, 2.05) is 17.9 Å². The number of cyclic esters (lactones) is 1. The van der Waals surface area contributed by atoms with Gasteiger partial charge in [-0.3, -0.25) is 9.69 Å². The predicted molar refractivity (Wildman–Crippen MR) is 135 cm³/mol. The van der Waals surface area contributed by atoms with Gasteiger partial charge in [-0.25, -0.2) is 9.18 Å². The van der Waals surface area contributed by atoms with Gasteiger partial charge in [-0.05, 0) is 30.2 Å². The van der Waals surface area contributed by atoms with Crippen LogP contribution < -0.4 is 15.1 Å². The Bertz CT molecular complexity index is 1080. The Balaban J connectivity index is 1.34. The van der Waals surface area contributed by atoms with E-state index in [4.69, 9.17) is 17.0 Å². The lowest BCUT2D eigenvalue weighted by Gasteiger charge is -2.37. The summed E-state index contributed by atoms with van der Waals surface area (Å²) in [6.07, 6.45) is -1.39. The summed E-state index contributed by atoms with van der Waals surface area (Å²) in [7, 11) is 0. The quantitative estimate of drug-likeness (QED) is 0.566. The number of hydrogen-bond donors (Lipinski definition) is 2. The molecule has 35 heavy (non-hydrogen) atoms. The van der Waals surface area contributed by atoms with Crippen LogP contribution in [0.5, 0.6) is 0 Å². The maximum absolute atomic E-state index is 15.0. The van der Waals surface area contributed by atoms with E-state index in [9.17, 15) is 14.7 Å². The van der Waals surface area contributed by atoms with E-state index in [1.54, 1.807) is 41.3 Å². The third kappa shape index (κ3) is 5.71. The average Bonchev–Trinajstić information content (AvgIpc) is 3.27. The maximum atomic E-state index is 15.0. The number of aliphatic hydroxyl groups is 1. The fourth-order valence-corrected chi connectivity index (χ4v) is 4.31. The average molecular weight is 501 g/mol. The molecule has 2 aromatic carbocycles. The van der Waals surface area contributed by atoms with Crippen LogP contribution in [-0.2, 0) is 9.53 Å². The number of carbonyl (C=O) groups is 2. The molecule has 0 spiro atoms. The van der Waals surface area contributed by atoms with Crippen LogP contribution in [0.1, 0.15) is 25.0 Å². The second-order valence-corrected chi connectivity index (χ2v) is 9.03. The number of hydrogen-bond acceptors (Lipinski definition) is 6. The van der Waals surface area contributed by atoms with Crippen molar-refractivity contribution in [2.75, 3.05) is 49.1 Å². The van der Waals surface area contributed by atoms with Gasteiger partial charge in [0.15, 0.2) is 6.10 Å². The van der Waals surface area contributed by atoms with Crippen molar-refractivity contribution in [1.29, 1.82) is 0 Å². The summed E-state index contributed by atoms with van der Waals surface area (Å²) < 4.78 is 20.4. The summed E-state index contributed by atoms with van der Waals surface area (Å²) in [5.41, 5.74) is 1.38. The van der Waals surface area contributed by atoms with Gasteiger partial charge in [0.1, 0.15) is 11.9 Å². The van der Waals surface area contributed by atoms with E-state index in [-0.39, 0.29) is 12.0 Å². The smallest absolute Gasteiger partial charge is 0.414 e. The van der Waals surface area contributed by atoms with Gasteiger partial charge >= 0.3 is 6.09 Å². The summed E-state index contributed by atoms with van der Waals surface area (Å²) in [6, 6.07) is 13.5. The minimum atomic E-state index is -1.21. The lowest BCUT2D eigenvalue weighted by molar-refractivity contribution is -0.140. The SMILES string of the molecule is CCC(=S)NC[C@H]1CN(c2ccc(N3CCN(C(=O)C(O)c4ccccc4)CC3)c(F)c2)C(=O)O1. The number of aliphatic hydroxyl groups excluding tert-OH is 1. The normalized spacial score (nSPS) is 18.9. The molecule has 2 aliphatic rings. The minimum absolute atomic E-state index is 0.307. The molecule has 2 amide bonds. The monoisotopic (exact) mass is 500 g/mol. The number of nitrogens with one attached hydrogen (secondary N) is 1. The molecule has 0 aliphatic carbocycles. The van der Waals surface area contributed by atoms with E-state index in [0.717, 1.165) is 0 Å². The second kappa shape index (κ2) is 11.0. The van der Waals surface area contributed by atoms with Crippen molar-refractivity contribution in [3.05, 3.63) is 59.9 Å². The number of ether oxygens (including phenoxy) is 1. The van der Waals surface area contributed by atoms with Crippen molar-refractivity contribution in [3.8, 4) is 0 Å². The van der Waals surface area contributed by atoms with Gasteiger partial charge < -0.3 is 25.0 Å². The number of rotatable bonds is 7. The molecule has 4 rings (SSSR count). The number of nitrogens with zero attached hydrogens (tertiary/aromatic N) is 3. The standard InChI is InChI=1S/C25H29FN4O4S/c1-2-22(35)27-15-19-16-30(25(33)34-19)18-8-9-21(20(26)14-18)28-10-12-29(13-11-28)24(32)23(31)17-6-4-3-5-7-17/h3-9,14,19,23,31H,2,10-13,15-16H2,1H3,(H,27,35)/t19-,23?/m0/s1. The van der Waals surface area contributed by atoms with Crippen LogP contribution in [0.2, 0.25) is 0 Å². The van der Waals surface area contributed by atoms with E-state index >= 15 is 4.39 Å². The zero-order valence-electron chi connectivity index (χ0n) is 19.5. The highest BCUT2D eigenvalue weighted by Crippen LogP contribution is 2.29. The Morgan fingerprint density at radius 3 is 2.57 bits per heavy atom. The number of amides is 2. The second-order valence-electron chi connectivity index (χ2n) is 8.54. The van der Waals surface area contributed by atoms with Crippen LogP contribution >= 0.6 is 12.2 Å². The Morgan fingerprint density at radius 2 is 1.91 bits per heavy atom. The highest BCUT2D eigenvalue weighted by molar-refractivity contribution is 7.80. The summed E-state index contributed by atoms with van der Waals surface area (Å²) in [5, 5.41) is 13.5. The molecule has 8 nitrogen and oxygen atoms in total. The van der Waals surface area contributed by atoms with Crippen LogP contribution in [0.25, 0.3) is 0 Å². The van der Waals surface area contributed by atoms with Gasteiger partial charge in [-0.2, -0.15) is 0 Å². The molecular formula is C25H29FN4O4S. The molecule has 1 unspecified atom stereocenters. The predicted octanol–water partition coefficient (Wildman–Crippen LogP) is 2.86. The Kier molecular flexibility index (Phi) is 7.82. The highest BCUT2D eigenvalue weighted by Gasteiger charge is 2.33. The van der Waals surface area contributed by atoms with Crippen LogP contribution in [0.3, 0.4) is 0 Å². The first-order valence-corrected chi connectivity index (χ1v) is 12.1. The van der Waals surface area contributed by atoms with Crippen LogP contribution in [0.15, 0.2) is 48.5 Å². The van der Waals surface area contributed by atoms with Crippen molar-refractivity contribution in [1.82, 2.24) is 10.2 Å². The molecule has 0 bridgehead atoms. The van der Waals surface area contributed by atoms with Crippen molar-refractivity contribution in [2.45, 2.75) is 25.6 Å². The van der Waals surface area contributed by atoms with Gasteiger partial charge in [0.25, 0.3) is 5.91 Å². The maximum Gasteiger partial charge on any atom is 0.414 e. The molecular weight excluding hydrogens is 471 g/mol. The molecule has 2 heterocycles. The number of halogens is 1. The molecule has 0 saturated carbocycles. The Hall–Kier alpha value is -3.24. The Labute approximate surface area is 209 Å². The number of benzene rings is 2. The third-order valence-corrected chi connectivity index (χ3v) is 6.68. The van der Waals surface area contributed by atoms with Gasteiger partial charge in [0, 0.05) is 26.2 Å². The minimum Gasteiger partial charge on any atom is -0.442 e. The zero-order valence-corrected chi connectivity index (χ0v) is 20.3. The van der Waals surface area contributed by atoms with Crippen molar-refractivity contribution < 1.29 is 23.8 Å². The van der Waals surface area contributed by atoms with E-state index < -0.39 is 18.0 Å². The summed E-state index contributed by atoms with van der Waals surface area (Å²) in [5.74, 6) is -0.809. The van der Waals surface area contributed by atoms with Crippen LogP contribution in [-0.4, -0.2) is 72.4 Å². The summed E-state index contributed by atoms with van der Waals surface area (Å²) in [6.45, 7) is 4.27. The molecule has 2 aromatic rings. The van der Waals surface area contributed by atoms with Gasteiger partial charge in [0.05, 0.1) is 29.5 Å². The molecule has 186 valence electrons. The first-order chi connectivity index (χ1) is 16.9. The molecule has 0 radical (unpaired) electrons. The zero-order chi connectivity index (χ0) is 24.9. The van der Waals surface area contributed by atoms with Crippen molar-refractivity contribution >= 4 is 40.6 Å². The fraction of sp³-hybridized carbons (Fsp3) is 0.400. The summed E-state index contributed by atoms with van der Waals surface area (Å²) >= 11 is 5.14. The topological polar surface area (TPSA) is 85.4 Å². The van der Waals surface area contributed by atoms with Gasteiger partial charge in [-0.15, -0.1) is 0 Å². The lowest BCUT2D eigenvalue weighted by atomic mass is 10.1. The largest absolute Gasteiger partial charge is 0.442 e. The Morgan fingerprint density at radius 1 is 1.20 bits per heavy atom.